The van der Waals surface area contributed by atoms with E-state index in [2.05, 4.69) is 32.8 Å². The SMILES string of the molecule is C=CCCCCCCC1CC[Si](C)(C)[Si](C)(C)O1. The molecule has 0 aromatic heterocycles. The van der Waals surface area contributed by atoms with Crippen LogP contribution in [-0.4, -0.2) is 21.5 Å². The summed E-state index contributed by atoms with van der Waals surface area (Å²) in [4.78, 5) is 0. The van der Waals surface area contributed by atoms with Gasteiger partial charge in [-0.05, 0) is 38.8 Å². The molecule has 18 heavy (non-hydrogen) atoms. The Labute approximate surface area is 116 Å². The third-order valence-corrected chi connectivity index (χ3v) is 21.5. The van der Waals surface area contributed by atoms with E-state index < -0.39 is 15.4 Å². The van der Waals surface area contributed by atoms with Crippen molar-refractivity contribution in [3.05, 3.63) is 12.7 Å². The van der Waals surface area contributed by atoms with Crippen LogP contribution in [0.3, 0.4) is 0 Å². The summed E-state index contributed by atoms with van der Waals surface area (Å²) in [5, 5.41) is 0. The van der Waals surface area contributed by atoms with E-state index in [1.807, 2.05) is 6.08 Å². The number of hydrogen-bond acceptors (Lipinski definition) is 1. The van der Waals surface area contributed by atoms with Crippen molar-refractivity contribution in [2.45, 2.75) is 83.3 Å². The molecule has 0 aliphatic carbocycles. The molecule has 1 saturated heterocycles. The maximum absolute atomic E-state index is 6.50. The van der Waals surface area contributed by atoms with Gasteiger partial charge in [-0.25, -0.2) is 0 Å². The number of unbranched alkanes of at least 4 members (excludes halogenated alkanes) is 4. The van der Waals surface area contributed by atoms with E-state index in [0.717, 1.165) is 0 Å². The molecule has 0 radical (unpaired) electrons. The second-order valence-electron chi connectivity index (χ2n) is 6.95. The fraction of sp³-hybridized carbons (Fsp3) is 0.867. The van der Waals surface area contributed by atoms with Gasteiger partial charge >= 0.3 is 0 Å². The Kier molecular flexibility index (Phi) is 6.35. The van der Waals surface area contributed by atoms with Crippen LogP contribution in [0.2, 0.25) is 32.2 Å². The van der Waals surface area contributed by atoms with Crippen LogP contribution < -0.4 is 0 Å². The molecule has 1 aliphatic rings. The molecule has 1 aliphatic heterocycles. The normalized spacial score (nSPS) is 25.9. The van der Waals surface area contributed by atoms with Crippen LogP contribution in [0.4, 0.5) is 0 Å². The average molecular weight is 285 g/mol. The van der Waals surface area contributed by atoms with Gasteiger partial charge in [-0.2, -0.15) is 0 Å². The van der Waals surface area contributed by atoms with Crippen molar-refractivity contribution < 1.29 is 4.43 Å². The van der Waals surface area contributed by atoms with Crippen LogP contribution in [0.15, 0.2) is 12.7 Å². The highest BCUT2D eigenvalue weighted by molar-refractivity contribution is 7.38. The molecule has 106 valence electrons. The zero-order valence-corrected chi connectivity index (χ0v) is 14.9. The van der Waals surface area contributed by atoms with E-state index in [1.165, 1.54) is 51.0 Å². The van der Waals surface area contributed by atoms with Gasteiger partial charge in [0.05, 0.1) is 7.59 Å². The molecule has 0 aromatic carbocycles. The first-order valence-electron chi connectivity index (χ1n) is 7.68. The van der Waals surface area contributed by atoms with Gasteiger partial charge in [0.15, 0.2) is 7.83 Å². The van der Waals surface area contributed by atoms with Crippen LogP contribution in [0.25, 0.3) is 0 Å². The fourth-order valence-corrected chi connectivity index (χ4v) is 9.41. The van der Waals surface area contributed by atoms with Gasteiger partial charge in [-0.3, -0.25) is 0 Å². The van der Waals surface area contributed by atoms with E-state index in [1.54, 1.807) is 0 Å². The standard InChI is InChI=1S/C15H32OSi2/c1-6-7-8-9-10-11-12-15-13-14-17(2,3)18(4,5)16-15/h6,15H,1,7-14H2,2-5H3. The predicted molar refractivity (Wildman–Crippen MR) is 87.2 cm³/mol. The number of hydrogen-bond donors (Lipinski definition) is 0. The lowest BCUT2D eigenvalue weighted by Gasteiger charge is -2.45. The molecule has 1 unspecified atom stereocenters. The predicted octanol–water partition coefficient (Wildman–Crippen LogP) is 5.29. The Balaban J connectivity index is 2.19. The van der Waals surface area contributed by atoms with E-state index in [4.69, 9.17) is 4.43 Å². The van der Waals surface area contributed by atoms with Crippen LogP contribution in [-0.2, 0) is 4.43 Å². The fourth-order valence-electron chi connectivity index (χ4n) is 2.68. The van der Waals surface area contributed by atoms with Crippen LogP contribution in [0.5, 0.6) is 0 Å². The maximum Gasteiger partial charge on any atom is 0.174 e. The van der Waals surface area contributed by atoms with E-state index in [9.17, 15) is 0 Å². The van der Waals surface area contributed by atoms with Crippen molar-refractivity contribution >= 4 is 15.4 Å². The van der Waals surface area contributed by atoms with Gasteiger partial charge in [0.1, 0.15) is 0 Å². The second kappa shape index (κ2) is 7.06. The second-order valence-corrected chi connectivity index (χ2v) is 22.2. The van der Waals surface area contributed by atoms with Gasteiger partial charge in [-0.15, -0.1) is 6.58 Å². The highest BCUT2D eigenvalue weighted by Crippen LogP contribution is 2.34. The Morgan fingerprint density at radius 1 is 1.11 bits per heavy atom. The summed E-state index contributed by atoms with van der Waals surface area (Å²) in [5.41, 5.74) is 0. The van der Waals surface area contributed by atoms with Crippen molar-refractivity contribution in [1.29, 1.82) is 0 Å². The van der Waals surface area contributed by atoms with E-state index in [0.29, 0.717) is 6.10 Å². The molecule has 0 amide bonds. The molecule has 0 spiro atoms. The van der Waals surface area contributed by atoms with Gasteiger partial charge in [0.25, 0.3) is 0 Å². The molecule has 0 aromatic rings. The lowest BCUT2D eigenvalue weighted by molar-refractivity contribution is 0.171. The molecule has 3 heteroatoms. The van der Waals surface area contributed by atoms with Crippen LogP contribution >= 0.6 is 0 Å². The topological polar surface area (TPSA) is 9.23 Å². The Morgan fingerprint density at radius 3 is 2.39 bits per heavy atom. The molecule has 1 atom stereocenters. The first-order chi connectivity index (χ1) is 8.39. The average Bonchev–Trinajstić information content (AvgIpc) is 2.28. The van der Waals surface area contributed by atoms with Crippen LogP contribution in [0, 0.1) is 0 Å². The van der Waals surface area contributed by atoms with Crippen LogP contribution in [0.1, 0.15) is 44.9 Å². The summed E-state index contributed by atoms with van der Waals surface area (Å²) in [6, 6.07) is 1.49. The first-order valence-corrected chi connectivity index (χ1v) is 14.8. The monoisotopic (exact) mass is 284 g/mol. The van der Waals surface area contributed by atoms with Gasteiger partial charge in [-0.1, -0.05) is 44.5 Å². The summed E-state index contributed by atoms with van der Waals surface area (Å²) in [7, 11) is -2.36. The smallest absolute Gasteiger partial charge is 0.174 e. The number of allylic oxidation sites excluding steroid dienone is 1. The largest absolute Gasteiger partial charge is 0.417 e. The maximum atomic E-state index is 6.50. The molecular weight excluding hydrogens is 252 g/mol. The summed E-state index contributed by atoms with van der Waals surface area (Å²) in [6.45, 7) is 13.7. The van der Waals surface area contributed by atoms with Gasteiger partial charge in [0, 0.05) is 6.10 Å². The Bertz CT molecular complexity index is 261. The lowest BCUT2D eigenvalue weighted by Crippen LogP contribution is -2.61. The van der Waals surface area contributed by atoms with Crippen molar-refractivity contribution in [1.82, 2.24) is 0 Å². The minimum Gasteiger partial charge on any atom is -0.417 e. The van der Waals surface area contributed by atoms with Crippen molar-refractivity contribution in [3.63, 3.8) is 0 Å². The molecule has 1 heterocycles. The summed E-state index contributed by atoms with van der Waals surface area (Å²) < 4.78 is 6.50. The highest BCUT2D eigenvalue weighted by atomic mass is 29.3. The van der Waals surface area contributed by atoms with E-state index >= 15 is 0 Å². The summed E-state index contributed by atoms with van der Waals surface area (Å²) >= 11 is 0. The van der Waals surface area contributed by atoms with Crippen molar-refractivity contribution in [3.8, 4) is 0 Å². The molecule has 0 bridgehead atoms. The van der Waals surface area contributed by atoms with Crippen molar-refractivity contribution in [2.24, 2.45) is 0 Å². The number of rotatable bonds is 7. The van der Waals surface area contributed by atoms with Crippen molar-refractivity contribution in [2.75, 3.05) is 0 Å². The third kappa shape index (κ3) is 4.67. The first kappa shape index (κ1) is 16.2. The lowest BCUT2D eigenvalue weighted by atomic mass is 10.1. The van der Waals surface area contributed by atoms with Gasteiger partial charge < -0.3 is 4.43 Å². The molecule has 1 rings (SSSR count). The Hall–Kier alpha value is 0.134. The van der Waals surface area contributed by atoms with E-state index in [-0.39, 0.29) is 0 Å². The third-order valence-electron chi connectivity index (χ3n) is 4.87. The molecule has 1 nitrogen and oxygen atoms in total. The quantitative estimate of drug-likeness (QED) is 0.350. The summed E-state index contributed by atoms with van der Waals surface area (Å²) in [6.07, 6.45) is 11.8. The molecular formula is C15H32OSi2. The summed E-state index contributed by atoms with van der Waals surface area (Å²) in [5.74, 6) is 0. The minimum absolute atomic E-state index is 0.589. The zero-order valence-electron chi connectivity index (χ0n) is 12.9. The highest BCUT2D eigenvalue weighted by Gasteiger charge is 2.47. The zero-order chi connectivity index (χ0) is 13.6. The Morgan fingerprint density at radius 2 is 1.78 bits per heavy atom. The molecule has 1 fully saturated rings. The molecule has 0 saturated carbocycles. The van der Waals surface area contributed by atoms with Gasteiger partial charge in [0.2, 0.25) is 0 Å². The molecule has 0 N–H and O–H groups in total. The minimum atomic E-state index is -1.34.